The molecule has 2 heteroatoms. The molecule has 0 bridgehead atoms. The van der Waals surface area contributed by atoms with Crippen LogP contribution < -0.4 is 0 Å². The zero-order chi connectivity index (χ0) is 11.8. The molecule has 2 aromatic rings. The van der Waals surface area contributed by atoms with Crippen molar-refractivity contribution in [2.45, 2.75) is 26.4 Å². The van der Waals surface area contributed by atoms with E-state index in [1.807, 2.05) is 26.0 Å². The Kier molecular flexibility index (Phi) is 2.60. The maximum Gasteiger partial charge on any atom is 0.144 e. The summed E-state index contributed by atoms with van der Waals surface area (Å²) in [5.41, 5.74) is 2.07. The Bertz CT molecular complexity index is 461. The molecule has 1 unspecified atom stereocenters. The van der Waals surface area contributed by atoms with Crippen LogP contribution in [0.4, 0.5) is 0 Å². The summed E-state index contributed by atoms with van der Waals surface area (Å²) < 4.78 is 5.28. The molecule has 1 aromatic carbocycles. The van der Waals surface area contributed by atoms with Gasteiger partial charge in [0.25, 0.3) is 0 Å². The van der Waals surface area contributed by atoms with Crippen LogP contribution in [0.15, 0.2) is 41.0 Å². The molecule has 84 valence electrons. The number of hydrogen-bond donors (Lipinski definition) is 1. The van der Waals surface area contributed by atoms with Crippen molar-refractivity contribution in [1.29, 1.82) is 0 Å². The van der Waals surface area contributed by atoms with Gasteiger partial charge in [0.1, 0.15) is 11.4 Å². The minimum atomic E-state index is -1.07. The van der Waals surface area contributed by atoms with Crippen molar-refractivity contribution >= 4 is 0 Å². The monoisotopic (exact) mass is 216 g/mol. The van der Waals surface area contributed by atoms with E-state index in [1.54, 1.807) is 25.3 Å². The molecule has 1 atom stereocenters. The van der Waals surface area contributed by atoms with Crippen LogP contribution in [0, 0.1) is 13.8 Å². The standard InChI is InChI=1S/C14H16O2/c1-10-7-11(2)9-12(8-10)14(3,15)13-5-4-6-16-13/h4-9,15H,1-3H3. The zero-order valence-electron chi connectivity index (χ0n) is 9.82. The third kappa shape index (κ3) is 1.89. The van der Waals surface area contributed by atoms with Crippen molar-refractivity contribution in [1.82, 2.24) is 0 Å². The van der Waals surface area contributed by atoms with E-state index in [0.29, 0.717) is 5.76 Å². The lowest BCUT2D eigenvalue weighted by molar-refractivity contribution is 0.0766. The SMILES string of the molecule is Cc1cc(C)cc(C(C)(O)c2ccco2)c1. The van der Waals surface area contributed by atoms with E-state index in [0.717, 1.165) is 16.7 Å². The first kappa shape index (κ1) is 11.0. The summed E-state index contributed by atoms with van der Waals surface area (Å²) in [5.74, 6) is 0.567. The highest BCUT2D eigenvalue weighted by Gasteiger charge is 2.28. The number of aryl methyl sites for hydroxylation is 2. The van der Waals surface area contributed by atoms with Gasteiger partial charge in [-0.2, -0.15) is 0 Å². The number of rotatable bonds is 2. The summed E-state index contributed by atoms with van der Waals surface area (Å²) in [6.07, 6.45) is 1.58. The normalized spacial score (nSPS) is 14.8. The van der Waals surface area contributed by atoms with Gasteiger partial charge in [-0.3, -0.25) is 0 Å². The first-order valence-electron chi connectivity index (χ1n) is 5.35. The highest BCUT2D eigenvalue weighted by molar-refractivity contribution is 5.36. The van der Waals surface area contributed by atoms with Gasteiger partial charge in [0, 0.05) is 0 Å². The highest BCUT2D eigenvalue weighted by atomic mass is 16.4. The van der Waals surface area contributed by atoms with E-state index in [9.17, 15) is 5.11 Å². The molecule has 0 aliphatic carbocycles. The first-order valence-corrected chi connectivity index (χ1v) is 5.35. The molecule has 2 nitrogen and oxygen atoms in total. The summed E-state index contributed by atoms with van der Waals surface area (Å²) in [7, 11) is 0. The quantitative estimate of drug-likeness (QED) is 0.836. The van der Waals surface area contributed by atoms with Crippen LogP contribution >= 0.6 is 0 Å². The molecule has 1 heterocycles. The van der Waals surface area contributed by atoms with Crippen LogP contribution in [-0.4, -0.2) is 5.11 Å². The third-order valence-corrected chi connectivity index (χ3v) is 2.78. The molecule has 0 fully saturated rings. The predicted molar refractivity (Wildman–Crippen MR) is 63.3 cm³/mol. The van der Waals surface area contributed by atoms with Gasteiger partial charge in [0.15, 0.2) is 0 Å². The van der Waals surface area contributed by atoms with Crippen LogP contribution in [0.25, 0.3) is 0 Å². The Morgan fingerprint density at radius 2 is 1.75 bits per heavy atom. The van der Waals surface area contributed by atoms with E-state index in [1.165, 1.54) is 0 Å². The molecule has 16 heavy (non-hydrogen) atoms. The van der Waals surface area contributed by atoms with Crippen molar-refractivity contribution < 1.29 is 9.52 Å². The van der Waals surface area contributed by atoms with Crippen LogP contribution in [0.3, 0.4) is 0 Å². The maximum atomic E-state index is 10.5. The van der Waals surface area contributed by atoms with Gasteiger partial charge in [-0.25, -0.2) is 0 Å². The predicted octanol–water partition coefficient (Wildman–Crippen LogP) is 3.15. The molecule has 0 radical (unpaired) electrons. The van der Waals surface area contributed by atoms with Crippen molar-refractivity contribution in [3.05, 3.63) is 59.0 Å². The molecular formula is C14H16O2. The van der Waals surface area contributed by atoms with Crippen molar-refractivity contribution in [2.24, 2.45) is 0 Å². The smallest absolute Gasteiger partial charge is 0.144 e. The molecular weight excluding hydrogens is 200 g/mol. The fraction of sp³-hybridized carbons (Fsp3) is 0.286. The second-order valence-corrected chi connectivity index (χ2v) is 4.43. The third-order valence-electron chi connectivity index (χ3n) is 2.78. The molecule has 2 rings (SSSR count). The van der Waals surface area contributed by atoms with Gasteiger partial charge in [0.05, 0.1) is 6.26 Å². The Balaban J connectivity index is 2.51. The van der Waals surface area contributed by atoms with Gasteiger partial charge >= 0.3 is 0 Å². The first-order chi connectivity index (χ1) is 7.50. The second-order valence-electron chi connectivity index (χ2n) is 4.43. The minimum Gasteiger partial charge on any atom is -0.466 e. The maximum absolute atomic E-state index is 10.5. The molecule has 1 aromatic heterocycles. The summed E-state index contributed by atoms with van der Waals surface area (Å²) in [6, 6.07) is 9.62. The summed E-state index contributed by atoms with van der Waals surface area (Å²) in [4.78, 5) is 0. The van der Waals surface area contributed by atoms with Gasteiger partial charge in [-0.15, -0.1) is 0 Å². The van der Waals surface area contributed by atoms with Gasteiger partial charge in [-0.1, -0.05) is 29.3 Å². The van der Waals surface area contributed by atoms with E-state index in [4.69, 9.17) is 4.42 Å². The molecule has 1 N–H and O–H groups in total. The minimum absolute atomic E-state index is 0.567. The Morgan fingerprint density at radius 3 is 2.25 bits per heavy atom. The van der Waals surface area contributed by atoms with Gasteiger partial charge < -0.3 is 9.52 Å². The summed E-state index contributed by atoms with van der Waals surface area (Å²) in [5, 5.41) is 10.5. The number of aliphatic hydroxyl groups is 1. The highest BCUT2D eigenvalue weighted by Crippen LogP contribution is 2.30. The lowest BCUT2D eigenvalue weighted by atomic mass is 9.91. The Morgan fingerprint density at radius 1 is 1.12 bits per heavy atom. The van der Waals surface area contributed by atoms with E-state index < -0.39 is 5.60 Å². The number of benzene rings is 1. The van der Waals surface area contributed by atoms with Crippen LogP contribution in [-0.2, 0) is 5.60 Å². The van der Waals surface area contributed by atoms with Crippen molar-refractivity contribution in [2.75, 3.05) is 0 Å². The van der Waals surface area contributed by atoms with E-state index in [2.05, 4.69) is 6.07 Å². The van der Waals surface area contributed by atoms with Crippen LogP contribution in [0.5, 0.6) is 0 Å². The fourth-order valence-electron chi connectivity index (χ4n) is 1.95. The van der Waals surface area contributed by atoms with E-state index in [-0.39, 0.29) is 0 Å². The molecule has 0 saturated carbocycles. The van der Waals surface area contributed by atoms with Crippen LogP contribution in [0.2, 0.25) is 0 Å². The summed E-state index contributed by atoms with van der Waals surface area (Å²) in [6.45, 7) is 5.80. The van der Waals surface area contributed by atoms with Gasteiger partial charge in [0.2, 0.25) is 0 Å². The lowest BCUT2D eigenvalue weighted by Crippen LogP contribution is -2.22. The molecule has 0 aliphatic heterocycles. The second kappa shape index (κ2) is 3.80. The molecule has 0 spiro atoms. The largest absolute Gasteiger partial charge is 0.466 e. The average Bonchev–Trinajstić information content (AvgIpc) is 2.69. The summed E-state index contributed by atoms with van der Waals surface area (Å²) >= 11 is 0. The topological polar surface area (TPSA) is 33.4 Å². The molecule has 0 amide bonds. The Labute approximate surface area is 95.5 Å². The average molecular weight is 216 g/mol. The van der Waals surface area contributed by atoms with E-state index >= 15 is 0 Å². The van der Waals surface area contributed by atoms with Gasteiger partial charge in [-0.05, 0) is 38.5 Å². The molecule has 0 aliphatic rings. The zero-order valence-corrected chi connectivity index (χ0v) is 9.82. The van der Waals surface area contributed by atoms with Crippen molar-refractivity contribution in [3.63, 3.8) is 0 Å². The fourth-order valence-corrected chi connectivity index (χ4v) is 1.95. The number of hydrogen-bond acceptors (Lipinski definition) is 2. The van der Waals surface area contributed by atoms with Crippen molar-refractivity contribution in [3.8, 4) is 0 Å². The Hall–Kier alpha value is -1.54. The number of furan rings is 1. The molecule has 0 saturated heterocycles. The van der Waals surface area contributed by atoms with Crippen LogP contribution in [0.1, 0.15) is 29.4 Å². The lowest BCUT2D eigenvalue weighted by Gasteiger charge is -2.22.